The highest BCUT2D eigenvalue weighted by atomic mass is 28.4. The van der Waals surface area contributed by atoms with Crippen molar-refractivity contribution in [1.29, 1.82) is 0 Å². The van der Waals surface area contributed by atoms with Gasteiger partial charge >= 0.3 is 8.56 Å². The van der Waals surface area contributed by atoms with E-state index in [0.29, 0.717) is 5.90 Å². The van der Waals surface area contributed by atoms with Crippen molar-refractivity contribution in [3.8, 4) is 0 Å². The highest BCUT2D eigenvalue weighted by molar-refractivity contribution is 6.67. The van der Waals surface area contributed by atoms with Crippen molar-refractivity contribution in [3.63, 3.8) is 0 Å². The molecule has 0 spiro atoms. The summed E-state index contributed by atoms with van der Waals surface area (Å²) in [6, 6.07) is 9.78. The van der Waals surface area contributed by atoms with Crippen LogP contribution in [0.1, 0.15) is 5.56 Å². The van der Waals surface area contributed by atoms with Gasteiger partial charge in [-0.2, -0.15) is 0 Å². The second kappa shape index (κ2) is 2.88. The molecule has 1 aromatic carbocycles. The van der Waals surface area contributed by atoms with Crippen LogP contribution in [0.3, 0.4) is 0 Å². The summed E-state index contributed by atoms with van der Waals surface area (Å²) >= 11 is 0. The molecule has 0 aromatic heterocycles. The van der Waals surface area contributed by atoms with E-state index in [0.717, 1.165) is 5.56 Å². The third-order valence-electron chi connectivity index (χ3n) is 1.71. The van der Waals surface area contributed by atoms with E-state index in [4.69, 9.17) is 8.95 Å². The van der Waals surface area contributed by atoms with Crippen LogP contribution in [0.5, 0.6) is 0 Å². The average molecular weight is 193 g/mol. The lowest BCUT2D eigenvalue weighted by atomic mass is 10.2. The predicted molar refractivity (Wildman–Crippen MR) is 52.6 cm³/mol. The number of benzene rings is 1. The molecule has 0 saturated carbocycles. The maximum Gasteiger partial charge on any atom is 0.481 e. The Morgan fingerprint density at radius 2 is 1.85 bits per heavy atom. The Morgan fingerprint density at radius 3 is 2.38 bits per heavy atom. The van der Waals surface area contributed by atoms with Crippen LogP contribution in [0.25, 0.3) is 0 Å². The van der Waals surface area contributed by atoms with Crippen molar-refractivity contribution in [2.45, 2.75) is 13.1 Å². The summed E-state index contributed by atoms with van der Waals surface area (Å²) in [4.78, 5) is 0. The molecule has 0 saturated heterocycles. The molecule has 2 rings (SSSR count). The van der Waals surface area contributed by atoms with Crippen LogP contribution < -0.4 is 0 Å². The zero-order valence-corrected chi connectivity index (χ0v) is 8.65. The van der Waals surface area contributed by atoms with Gasteiger partial charge in [0.05, 0.1) is 0 Å². The smallest absolute Gasteiger partial charge is 0.481 e. The summed E-state index contributed by atoms with van der Waals surface area (Å²) in [6.45, 7) is 3.93. The van der Waals surface area contributed by atoms with Crippen LogP contribution in [0, 0.1) is 0 Å². The summed E-state index contributed by atoms with van der Waals surface area (Å²) in [6.07, 6.45) is 0. The van der Waals surface area contributed by atoms with Gasteiger partial charge < -0.3 is 8.95 Å². The highest BCUT2D eigenvalue weighted by Gasteiger charge is 2.36. The molecule has 0 amide bonds. The summed E-state index contributed by atoms with van der Waals surface area (Å²) in [5.74, 6) is 0.609. The van der Waals surface area contributed by atoms with Crippen LogP contribution in [0.15, 0.2) is 35.5 Å². The van der Waals surface area contributed by atoms with Crippen LogP contribution >= 0.6 is 0 Å². The van der Waals surface area contributed by atoms with Crippen molar-refractivity contribution in [2.24, 2.45) is 5.16 Å². The van der Waals surface area contributed by atoms with E-state index in [1.54, 1.807) is 0 Å². The van der Waals surface area contributed by atoms with Crippen molar-refractivity contribution in [2.75, 3.05) is 0 Å². The molecule has 1 aliphatic rings. The largest absolute Gasteiger partial charge is 0.494 e. The highest BCUT2D eigenvalue weighted by Crippen LogP contribution is 2.18. The van der Waals surface area contributed by atoms with Gasteiger partial charge in [0.25, 0.3) is 0 Å². The molecule has 68 valence electrons. The summed E-state index contributed by atoms with van der Waals surface area (Å²) in [7, 11) is -1.99. The first-order valence-electron chi connectivity index (χ1n) is 4.18. The third kappa shape index (κ3) is 1.72. The van der Waals surface area contributed by atoms with Gasteiger partial charge in [-0.3, -0.25) is 0 Å². The van der Waals surface area contributed by atoms with Crippen molar-refractivity contribution in [3.05, 3.63) is 35.9 Å². The molecule has 3 nitrogen and oxygen atoms in total. The second-order valence-corrected chi connectivity index (χ2v) is 6.54. The molecule has 1 aromatic rings. The molecule has 0 atom stereocenters. The van der Waals surface area contributed by atoms with E-state index in [-0.39, 0.29) is 0 Å². The molecule has 0 aliphatic carbocycles. The topological polar surface area (TPSA) is 30.8 Å². The van der Waals surface area contributed by atoms with E-state index < -0.39 is 8.56 Å². The normalized spacial score (nSPS) is 18.8. The van der Waals surface area contributed by atoms with Gasteiger partial charge in [-0.25, -0.2) is 0 Å². The van der Waals surface area contributed by atoms with Crippen LogP contribution in [0.2, 0.25) is 13.1 Å². The summed E-state index contributed by atoms with van der Waals surface area (Å²) in [5.41, 5.74) is 0.973. The molecule has 0 fully saturated rings. The van der Waals surface area contributed by atoms with Gasteiger partial charge in [0, 0.05) is 18.7 Å². The van der Waals surface area contributed by atoms with Crippen molar-refractivity contribution in [1.82, 2.24) is 0 Å². The van der Waals surface area contributed by atoms with Crippen LogP contribution in [-0.4, -0.2) is 14.5 Å². The van der Waals surface area contributed by atoms with E-state index in [1.165, 1.54) is 0 Å². The monoisotopic (exact) mass is 193 g/mol. The molecule has 0 N–H and O–H groups in total. The zero-order valence-electron chi connectivity index (χ0n) is 7.65. The van der Waals surface area contributed by atoms with Gasteiger partial charge in [0.1, 0.15) is 0 Å². The second-order valence-electron chi connectivity index (χ2n) is 3.36. The Balaban J connectivity index is 2.22. The molecular weight excluding hydrogens is 182 g/mol. The molecule has 1 heterocycles. The average Bonchev–Trinajstić information content (AvgIpc) is 2.48. The minimum absolute atomic E-state index is 0.609. The Bertz CT molecular complexity index is 335. The van der Waals surface area contributed by atoms with E-state index in [1.807, 2.05) is 43.4 Å². The fraction of sp³-hybridized carbons (Fsp3) is 0.222. The standard InChI is InChI=1S/C9H11NO2Si/c1-13(2)11-9(10-12-13)8-6-4-3-5-7-8/h3-7H,1-2H3. The first-order valence-corrected chi connectivity index (χ1v) is 7.00. The van der Waals surface area contributed by atoms with Gasteiger partial charge in [0.2, 0.25) is 5.90 Å². The van der Waals surface area contributed by atoms with E-state index in [9.17, 15) is 0 Å². The first kappa shape index (κ1) is 8.31. The first-order chi connectivity index (χ1) is 6.17. The minimum atomic E-state index is -1.99. The Labute approximate surface area is 78.2 Å². The van der Waals surface area contributed by atoms with Crippen molar-refractivity contribution < 1.29 is 8.95 Å². The fourth-order valence-electron chi connectivity index (χ4n) is 1.11. The van der Waals surface area contributed by atoms with E-state index in [2.05, 4.69) is 5.16 Å². The number of oxime groups is 1. The summed E-state index contributed by atoms with van der Waals surface area (Å²) in [5, 5.41) is 3.91. The maximum absolute atomic E-state index is 5.60. The number of hydrogen-bond donors (Lipinski definition) is 0. The van der Waals surface area contributed by atoms with Gasteiger partial charge in [-0.1, -0.05) is 23.4 Å². The molecule has 0 unspecified atom stereocenters. The molecular formula is C9H11NO2Si. The quantitative estimate of drug-likeness (QED) is 0.639. The van der Waals surface area contributed by atoms with Crippen molar-refractivity contribution >= 4 is 14.5 Å². The van der Waals surface area contributed by atoms with Crippen LogP contribution in [-0.2, 0) is 8.95 Å². The maximum atomic E-state index is 5.60. The number of nitrogens with zero attached hydrogens (tertiary/aromatic N) is 1. The third-order valence-corrected chi connectivity index (χ3v) is 2.93. The Hall–Kier alpha value is -1.29. The lowest BCUT2D eigenvalue weighted by Crippen LogP contribution is -2.29. The van der Waals surface area contributed by atoms with Crippen LogP contribution in [0.4, 0.5) is 0 Å². The molecule has 0 radical (unpaired) electrons. The van der Waals surface area contributed by atoms with E-state index >= 15 is 0 Å². The number of rotatable bonds is 1. The summed E-state index contributed by atoms with van der Waals surface area (Å²) < 4.78 is 10.8. The minimum Gasteiger partial charge on any atom is -0.494 e. The SMILES string of the molecule is C[Si]1(C)ON=C(c2ccccc2)O1. The van der Waals surface area contributed by atoms with Gasteiger partial charge in [-0.05, 0) is 12.1 Å². The molecule has 0 bridgehead atoms. The molecule has 1 aliphatic heterocycles. The lowest BCUT2D eigenvalue weighted by molar-refractivity contribution is 0.311. The van der Waals surface area contributed by atoms with Gasteiger partial charge in [-0.15, -0.1) is 0 Å². The Kier molecular flexibility index (Phi) is 1.84. The Morgan fingerprint density at radius 1 is 1.15 bits per heavy atom. The lowest BCUT2D eigenvalue weighted by Gasteiger charge is -2.10. The number of hydrogen-bond acceptors (Lipinski definition) is 3. The molecule has 13 heavy (non-hydrogen) atoms. The fourth-order valence-corrected chi connectivity index (χ4v) is 2.07. The molecule has 4 heteroatoms. The predicted octanol–water partition coefficient (Wildman–Crippen LogP) is 2.10. The van der Waals surface area contributed by atoms with Gasteiger partial charge in [0.15, 0.2) is 0 Å². The zero-order chi connectivity index (χ0) is 9.31.